The van der Waals surface area contributed by atoms with E-state index < -0.39 is 5.60 Å². The SMILES string of the molecule is C=CCCC(NC)C1CCN(C(=O)OC(C)(C)C)C1. The highest BCUT2D eigenvalue weighted by atomic mass is 16.6. The van der Waals surface area contributed by atoms with Gasteiger partial charge in [0, 0.05) is 19.1 Å². The first-order valence-electron chi connectivity index (χ1n) is 7.13. The molecule has 1 heterocycles. The zero-order valence-electron chi connectivity index (χ0n) is 12.7. The van der Waals surface area contributed by atoms with Crippen LogP contribution in [-0.4, -0.2) is 42.8 Å². The molecule has 0 radical (unpaired) electrons. The lowest BCUT2D eigenvalue weighted by Crippen LogP contribution is -2.38. The number of likely N-dealkylation sites (tertiary alicyclic amines) is 1. The van der Waals surface area contributed by atoms with Gasteiger partial charge >= 0.3 is 6.09 Å². The minimum absolute atomic E-state index is 0.187. The average molecular weight is 268 g/mol. The van der Waals surface area contributed by atoms with Crippen molar-refractivity contribution in [1.29, 1.82) is 0 Å². The molecule has 4 nitrogen and oxygen atoms in total. The van der Waals surface area contributed by atoms with Crippen molar-refractivity contribution in [3.63, 3.8) is 0 Å². The number of nitrogens with one attached hydrogen (secondary N) is 1. The Balaban J connectivity index is 2.47. The van der Waals surface area contributed by atoms with Gasteiger partial charge in [-0.25, -0.2) is 4.79 Å². The molecule has 1 amide bonds. The number of rotatable bonds is 5. The summed E-state index contributed by atoms with van der Waals surface area (Å²) in [7, 11) is 1.99. The molecule has 1 aliphatic rings. The van der Waals surface area contributed by atoms with Gasteiger partial charge in [-0.2, -0.15) is 0 Å². The third-order valence-electron chi connectivity index (χ3n) is 3.50. The van der Waals surface area contributed by atoms with Crippen LogP contribution in [0.25, 0.3) is 0 Å². The molecule has 2 unspecified atom stereocenters. The third-order valence-corrected chi connectivity index (χ3v) is 3.50. The first kappa shape index (κ1) is 16.0. The van der Waals surface area contributed by atoms with Crippen LogP contribution in [0.15, 0.2) is 12.7 Å². The molecule has 4 heteroatoms. The second-order valence-corrected chi connectivity index (χ2v) is 6.24. The van der Waals surface area contributed by atoms with Gasteiger partial charge in [0.1, 0.15) is 5.60 Å². The van der Waals surface area contributed by atoms with Crippen molar-refractivity contribution in [3.05, 3.63) is 12.7 Å². The van der Waals surface area contributed by atoms with E-state index in [-0.39, 0.29) is 6.09 Å². The predicted molar refractivity (Wildman–Crippen MR) is 78.2 cm³/mol. The standard InChI is InChI=1S/C15H28N2O2/c1-6-7-8-13(16-5)12-9-10-17(11-12)14(18)19-15(2,3)4/h6,12-13,16H,1,7-11H2,2-5H3. The molecule has 0 aromatic rings. The first-order valence-corrected chi connectivity index (χ1v) is 7.13. The van der Waals surface area contributed by atoms with E-state index in [0.29, 0.717) is 12.0 Å². The lowest BCUT2D eigenvalue weighted by molar-refractivity contribution is 0.0285. The number of ether oxygens (including phenoxy) is 1. The Morgan fingerprint density at radius 1 is 1.58 bits per heavy atom. The summed E-state index contributed by atoms with van der Waals surface area (Å²) in [5.41, 5.74) is -0.416. The molecule has 19 heavy (non-hydrogen) atoms. The van der Waals surface area contributed by atoms with Gasteiger partial charge in [-0.15, -0.1) is 6.58 Å². The normalized spacial score (nSPS) is 21.3. The minimum atomic E-state index is -0.416. The molecule has 1 rings (SSSR count). The minimum Gasteiger partial charge on any atom is -0.444 e. The third kappa shape index (κ3) is 5.23. The predicted octanol–water partition coefficient (Wildman–Crippen LogP) is 2.80. The molecule has 1 aliphatic heterocycles. The van der Waals surface area contributed by atoms with Crippen LogP contribution in [0.1, 0.15) is 40.0 Å². The van der Waals surface area contributed by atoms with Gasteiger partial charge in [-0.1, -0.05) is 6.08 Å². The van der Waals surface area contributed by atoms with Crippen LogP contribution in [0, 0.1) is 5.92 Å². The number of hydrogen-bond acceptors (Lipinski definition) is 3. The second-order valence-electron chi connectivity index (χ2n) is 6.24. The van der Waals surface area contributed by atoms with Crippen molar-refractivity contribution in [3.8, 4) is 0 Å². The summed E-state index contributed by atoms with van der Waals surface area (Å²) in [6.45, 7) is 11.1. The Hall–Kier alpha value is -1.03. The summed E-state index contributed by atoms with van der Waals surface area (Å²) in [6.07, 6.45) is 4.89. The van der Waals surface area contributed by atoms with Gasteiger partial charge in [-0.3, -0.25) is 0 Å². The maximum Gasteiger partial charge on any atom is 0.410 e. The summed E-state index contributed by atoms with van der Waals surface area (Å²) >= 11 is 0. The number of allylic oxidation sites excluding steroid dienone is 1. The topological polar surface area (TPSA) is 41.6 Å². The van der Waals surface area contributed by atoms with E-state index in [1.165, 1.54) is 0 Å². The molecular weight excluding hydrogens is 240 g/mol. The van der Waals surface area contributed by atoms with E-state index in [9.17, 15) is 4.79 Å². The van der Waals surface area contributed by atoms with Gasteiger partial charge < -0.3 is 15.0 Å². The zero-order valence-corrected chi connectivity index (χ0v) is 12.7. The fourth-order valence-corrected chi connectivity index (χ4v) is 2.52. The quantitative estimate of drug-likeness (QED) is 0.780. The van der Waals surface area contributed by atoms with Crippen LogP contribution in [0.4, 0.5) is 4.79 Å². The number of carbonyl (C=O) groups is 1. The van der Waals surface area contributed by atoms with E-state index in [1.54, 1.807) is 0 Å². The molecule has 2 atom stereocenters. The Bertz CT molecular complexity index is 310. The van der Waals surface area contributed by atoms with Crippen LogP contribution in [-0.2, 0) is 4.74 Å². The Labute approximate surface area is 117 Å². The molecule has 1 saturated heterocycles. The van der Waals surface area contributed by atoms with Crippen LogP contribution >= 0.6 is 0 Å². The largest absolute Gasteiger partial charge is 0.444 e. The van der Waals surface area contributed by atoms with Gasteiger partial charge in [-0.05, 0) is 53.0 Å². The van der Waals surface area contributed by atoms with Crippen LogP contribution in [0.5, 0.6) is 0 Å². The molecule has 1 fully saturated rings. The second kappa shape index (κ2) is 6.94. The molecule has 0 aromatic carbocycles. The molecule has 1 N–H and O–H groups in total. The van der Waals surface area contributed by atoms with Crippen molar-refractivity contribution in [2.75, 3.05) is 20.1 Å². The number of hydrogen-bond donors (Lipinski definition) is 1. The van der Waals surface area contributed by atoms with Crippen molar-refractivity contribution in [2.24, 2.45) is 5.92 Å². The van der Waals surface area contributed by atoms with Gasteiger partial charge in [0.2, 0.25) is 0 Å². The highest BCUT2D eigenvalue weighted by Crippen LogP contribution is 2.24. The van der Waals surface area contributed by atoms with E-state index >= 15 is 0 Å². The Morgan fingerprint density at radius 3 is 2.79 bits per heavy atom. The number of amides is 1. The van der Waals surface area contributed by atoms with Gasteiger partial charge in [0.15, 0.2) is 0 Å². The molecule has 0 spiro atoms. The van der Waals surface area contributed by atoms with Crippen LogP contribution in [0.3, 0.4) is 0 Å². The highest BCUT2D eigenvalue weighted by molar-refractivity contribution is 5.68. The first-order chi connectivity index (χ1) is 8.87. The number of nitrogens with zero attached hydrogens (tertiary/aromatic N) is 1. The Morgan fingerprint density at radius 2 is 2.26 bits per heavy atom. The summed E-state index contributed by atoms with van der Waals surface area (Å²) in [4.78, 5) is 13.8. The molecule has 0 aliphatic carbocycles. The van der Waals surface area contributed by atoms with E-state index in [2.05, 4.69) is 11.9 Å². The van der Waals surface area contributed by atoms with E-state index in [1.807, 2.05) is 38.8 Å². The molecule has 0 aromatic heterocycles. The maximum absolute atomic E-state index is 12.0. The summed E-state index contributed by atoms with van der Waals surface area (Å²) < 4.78 is 5.41. The van der Waals surface area contributed by atoms with E-state index in [4.69, 9.17) is 4.74 Å². The van der Waals surface area contributed by atoms with E-state index in [0.717, 1.165) is 32.4 Å². The van der Waals surface area contributed by atoms with Crippen molar-refractivity contribution in [2.45, 2.75) is 51.7 Å². The summed E-state index contributed by atoms with van der Waals surface area (Å²) in [6, 6.07) is 0.449. The van der Waals surface area contributed by atoms with Crippen molar-refractivity contribution >= 4 is 6.09 Å². The average Bonchev–Trinajstić information content (AvgIpc) is 2.77. The van der Waals surface area contributed by atoms with Gasteiger partial charge in [0.25, 0.3) is 0 Å². The van der Waals surface area contributed by atoms with Crippen LogP contribution in [0.2, 0.25) is 0 Å². The summed E-state index contributed by atoms with van der Waals surface area (Å²) in [5, 5.41) is 3.36. The molecule has 0 bridgehead atoms. The highest BCUT2D eigenvalue weighted by Gasteiger charge is 2.33. The molecule has 110 valence electrons. The lowest BCUT2D eigenvalue weighted by atomic mass is 9.95. The maximum atomic E-state index is 12.0. The van der Waals surface area contributed by atoms with Crippen LogP contribution < -0.4 is 5.32 Å². The van der Waals surface area contributed by atoms with Crippen molar-refractivity contribution in [1.82, 2.24) is 10.2 Å². The fourth-order valence-electron chi connectivity index (χ4n) is 2.52. The summed E-state index contributed by atoms with van der Waals surface area (Å²) in [5.74, 6) is 0.512. The van der Waals surface area contributed by atoms with Crippen molar-refractivity contribution < 1.29 is 9.53 Å². The van der Waals surface area contributed by atoms with Gasteiger partial charge in [0.05, 0.1) is 0 Å². The molecular formula is C15H28N2O2. The zero-order chi connectivity index (χ0) is 14.5. The Kier molecular flexibility index (Phi) is 5.85. The lowest BCUT2D eigenvalue weighted by Gasteiger charge is -2.26. The smallest absolute Gasteiger partial charge is 0.410 e. The molecule has 0 saturated carbocycles. The fraction of sp³-hybridized carbons (Fsp3) is 0.800. The monoisotopic (exact) mass is 268 g/mol. The number of carbonyl (C=O) groups excluding carboxylic acids is 1.